The van der Waals surface area contributed by atoms with E-state index in [0.717, 1.165) is 5.39 Å². The first-order valence-corrected chi connectivity index (χ1v) is 6.43. The number of hydrogen-bond acceptors (Lipinski definition) is 3. The van der Waals surface area contributed by atoms with E-state index in [2.05, 4.69) is 5.32 Å². The Morgan fingerprint density at radius 2 is 1.90 bits per heavy atom. The van der Waals surface area contributed by atoms with Crippen molar-refractivity contribution < 1.29 is 19.1 Å². The average Bonchev–Trinajstić information content (AvgIpc) is 2.73. The number of rotatable bonds is 4. The molecule has 0 fully saturated rings. The molecule has 5 heteroatoms. The minimum atomic E-state index is -1.05. The first kappa shape index (κ1) is 14.1. The third-order valence-electron chi connectivity index (χ3n) is 3.27. The largest absolute Gasteiger partial charge is 0.480 e. The van der Waals surface area contributed by atoms with Crippen molar-refractivity contribution in [2.45, 2.75) is 26.8 Å². The quantitative estimate of drug-likeness (QED) is 0.898. The summed E-state index contributed by atoms with van der Waals surface area (Å²) in [5.41, 5.74) is 1.33. The second kappa shape index (κ2) is 5.36. The molecule has 0 bridgehead atoms. The lowest BCUT2D eigenvalue weighted by Crippen LogP contribution is -2.44. The SMILES string of the molecule is Cc1c(C(=O)N[C@H](C(=O)O)C(C)C)oc2ccccc12. The Balaban J connectivity index is 2.32. The van der Waals surface area contributed by atoms with Crippen molar-refractivity contribution in [3.63, 3.8) is 0 Å². The molecular formula is C15H17NO4. The standard InChI is InChI=1S/C15H17NO4/c1-8(2)12(15(18)19)16-14(17)13-9(3)10-6-4-5-7-11(10)20-13/h4-8,12H,1-3H3,(H,16,17)(H,18,19)/t12-/m0/s1. The Hall–Kier alpha value is -2.30. The Morgan fingerprint density at radius 3 is 2.45 bits per heavy atom. The van der Waals surface area contributed by atoms with Crippen LogP contribution in [0, 0.1) is 12.8 Å². The molecule has 0 aliphatic carbocycles. The van der Waals surface area contributed by atoms with E-state index in [1.54, 1.807) is 26.8 Å². The fourth-order valence-corrected chi connectivity index (χ4v) is 2.11. The molecule has 0 spiro atoms. The van der Waals surface area contributed by atoms with Crippen LogP contribution in [0.4, 0.5) is 0 Å². The summed E-state index contributed by atoms with van der Waals surface area (Å²) >= 11 is 0. The molecule has 0 saturated heterocycles. The van der Waals surface area contributed by atoms with E-state index in [-0.39, 0.29) is 11.7 Å². The molecule has 1 aromatic heterocycles. The number of fused-ring (bicyclic) bond motifs is 1. The highest BCUT2D eigenvalue weighted by Crippen LogP contribution is 2.24. The number of amides is 1. The van der Waals surface area contributed by atoms with E-state index in [9.17, 15) is 9.59 Å². The molecule has 0 aliphatic rings. The van der Waals surface area contributed by atoms with Gasteiger partial charge in [-0.05, 0) is 18.9 Å². The number of para-hydroxylation sites is 1. The van der Waals surface area contributed by atoms with Crippen molar-refractivity contribution in [1.29, 1.82) is 0 Å². The second-order valence-corrected chi connectivity index (χ2v) is 5.09. The Kier molecular flexibility index (Phi) is 3.79. The normalized spacial score (nSPS) is 12.6. The van der Waals surface area contributed by atoms with E-state index in [1.165, 1.54) is 0 Å². The number of carbonyl (C=O) groups is 2. The highest BCUT2D eigenvalue weighted by molar-refractivity contribution is 6.00. The molecule has 5 nitrogen and oxygen atoms in total. The molecule has 0 unspecified atom stereocenters. The van der Waals surface area contributed by atoms with E-state index in [4.69, 9.17) is 9.52 Å². The van der Waals surface area contributed by atoms with Crippen LogP contribution in [0.15, 0.2) is 28.7 Å². The topological polar surface area (TPSA) is 79.5 Å². The van der Waals surface area contributed by atoms with Crippen molar-refractivity contribution in [2.75, 3.05) is 0 Å². The van der Waals surface area contributed by atoms with Gasteiger partial charge in [-0.1, -0.05) is 32.0 Å². The summed E-state index contributed by atoms with van der Waals surface area (Å²) in [6.07, 6.45) is 0. The monoisotopic (exact) mass is 275 g/mol. The van der Waals surface area contributed by atoms with Crippen molar-refractivity contribution in [2.24, 2.45) is 5.92 Å². The smallest absolute Gasteiger partial charge is 0.326 e. The molecular weight excluding hydrogens is 258 g/mol. The van der Waals surface area contributed by atoms with Crippen LogP contribution in [-0.2, 0) is 4.79 Å². The molecule has 1 aromatic carbocycles. The van der Waals surface area contributed by atoms with Crippen LogP contribution in [0.25, 0.3) is 11.0 Å². The summed E-state index contributed by atoms with van der Waals surface area (Å²) in [7, 11) is 0. The van der Waals surface area contributed by atoms with Gasteiger partial charge in [0.1, 0.15) is 11.6 Å². The Morgan fingerprint density at radius 1 is 1.25 bits per heavy atom. The van der Waals surface area contributed by atoms with Crippen molar-refractivity contribution >= 4 is 22.8 Å². The van der Waals surface area contributed by atoms with Crippen molar-refractivity contribution in [3.05, 3.63) is 35.6 Å². The fourth-order valence-electron chi connectivity index (χ4n) is 2.11. The number of carbonyl (C=O) groups excluding carboxylic acids is 1. The van der Waals surface area contributed by atoms with E-state index >= 15 is 0 Å². The van der Waals surface area contributed by atoms with Gasteiger partial charge in [0.25, 0.3) is 5.91 Å². The first-order chi connectivity index (χ1) is 9.41. The molecule has 0 aliphatic heterocycles. The van der Waals surface area contributed by atoms with Crippen LogP contribution in [0.2, 0.25) is 0 Å². The highest BCUT2D eigenvalue weighted by atomic mass is 16.4. The summed E-state index contributed by atoms with van der Waals surface area (Å²) in [6.45, 7) is 5.26. The molecule has 20 heavy (non-hydrogen) atoms. The molecule has 1 heterocycles. The summed E-state index contributed by atoms with van der Waals surface area (Å²) in [4.78, 5) is 23.3. The minimum Gasteiger partial charge on any atom is -0.480 e. The van der Waals surface area contributed by atoms with Gasteiger partial charge in [0.05, 0.1) is 0 Å². The second-order valence-electron chi connectivity index (χ2n) is 5.09. The summed E-state index contributed by atoms with van der Waals surface area (Å²) in [5.74, 6) is -1.60. The van der Waals surface area contributed by atoms with Gasteiger partial charge in [-0.25, -0.2) is 4.79 Å². The van der Waals surface area contributed by atoms with Crippen molar-refractivity contribution in [1.82, 2.24) is 5.32 Å². The lowest BCUT2D eigenvalue weighted by atomic mass is 10.0. The number of aliphatic carboxylic acids is 1. The van der Waals surface area contributed by atoms with Gasteiger partial charge in [-0.15, -0.1) is 0 Å². The Bertz CT molecular complexity index is 657. The molecule has 2 aromatic rings. The number of carboxylic acids is 1. The average molecular weight is 275 g/mol. The van der Waals surface area contributed by atoms with Gasteiger partial charge in [0.15, 0.2) is 5.76 Å². The maximum Gasteiger partial charge on any atom is 0.326 e. The molecule has 106 valence electrons. The molecule has 1 amide bonds. The maximum absolute atomic E-state index is 12.2. The molecule has 0 radical (unpaired) electrons. The number of furan rings is 1. The molecule has 2 N–H and O–H groups in total. The van der Waals surface area contributed by atoms with Gasteiger partial charge >= 0.3 is 5.97 Å². The van der Waals surface area contributed by atoms with E-state index in [1.807, 2.05) is 18.2 Å². The third kappa shape index (κ3) is 2.52. The predicted molar refractivity (Wildman–Crippen MR) is 74.7 cm³/mol. The van der Waals surface area contributed by atoms with Gasteiger partial charge in [0, 0.05) is 10.9 Å². The van der Waals surface area contributed by atoms with E-state index in [0.29, 0.717) is 11.1 Å². The van der Waals surface area contributed by atoms with Gasteiger partial charge < -0.3 is 14.8 Å². The summed E-state index contributed by atoms with van der Waals surface area (Å²) in [6, 6.07) is 6.38. The van der Waals surface area contributed by atoms with Gasteiger partial charge in [0.2, 0.25) is 0 Å². The third-order valence-corrected chi connectivity index (χ3v) is 3.27. The number of hydrogen-bond donors (Lipinski definition) is 2. The summed E-state index contributed by atoms with van der Waals surface area (Å²) in [5, 5.41) is 12.5. The zero-order valence-electron chi connectivity index (χ0n) is 11.6. The summed E-state index contributed by atoms with van der Waals surface area (Å²) < 4.78 is 5.52. The fraction of sp³-hybridized carbons (Fsp3) is 0.333. The predicted octanol–water partition coefficient (Wildman–Crippen LogP) is 2.58. The zero-order valence-corrected chi connectivity index (χ0v) is 11.6. The first-order valence-electron chi connectivity index (χ1n) is 6.43. The van der Waals surface area contributed by atoms with Crippen LogP contribution in [0.3, 0.4) is 0 Å². The van der Waals surface area contributed by atoms with Crippen LogP contribution < -0.4 is 5.32 Å². The highest BCUT2D eigenvalue weighted by Gasteiger charge is 2.26. The van der Waals surface area contributed by atoms with Crippen LogP contribution >= 0.6 is 0 Å². The van der Waals surface area contributed by atoms with Crippen LogP contribution in [-0.4, -0.2) is 23.0 Å². The lowest BCUT2D eigenvalue weighted by Gasteiger charge is -2.17. The molecule has 2 rings (SSSR count). The van der Waals surface area contributed by atoms with Crippen LogP contribution in [0.1, 0.15) is 30.0 Å². The molecule has 0 saturated carbocycles. The van der Waals surface area contributed by atoms with Crippen LogP contribution in [0.5, 0.6) is 0 Å². The minimum absolute atomic E-state index is 0.165. The van der Waals surface area contributed by atoms with Gasteiger partial charge in [-0.2, -0.15) is 0 Å². The lowest BCUT2D eigenvalue weighted by molar-refractivity contribution is -0.140. The van der Waals surface area contributed by atoms with E-state index < -0.39 is 17.9 Å². The maximum atomic E-state index is 12.2. The molecule has 1 atom stereocenters. The Labute approximate surface area is 116 Å². The number of benzene rings is 1. The van der Waals surface area contributed by atoms with Gasteiger partial charge in [-0.3, -0.25) is 4.79 Å². The zero-order chi connectivity index (χ0) is 14.9. The number of carboxylic acid groups (broad SMARTS) is 1. The van der Waals surface area contributed by atoms with Crippen molar-refractivity contribution in [3.8, 4) is 0 Å². The number of aryl methyl sites for hydroxylation is 1. The number of nitrogens with one attached hydrogen (secondary N) is 1.